The third-order valence-corrected chi connectivity index (χ3v) is 2.72. The fraction of sp³-hybridized carbons (Fsp3) is 0.778. The summed E-state index contributed by atoms with van der Waals surface area (Å²) in [7, 11) is 0. The van der Waals surface area contributed by atoms with Crippen LogP contribution in [-0.2, 0) is 6.54 Å². The summed E-state index contributed by atoms with van der Waals surface area (Å²) in [6.07, 6.45) is 5.51. The maximum atomic E-state index is 4.07. The lowest BCUT2D eigenvalue weighted by molar-refractivity contribution is 0.494. The van der Waals surface area contributed by atoms with E-state index in [1.54, 1.807) is 6.33 Å². The number of hydrogen-bond acceptors (Lipinski definition) is 3. The van der Waals surface area contributed by atoms with E-state index >= 15 is 0 Å². The van der Waals surface area contributed by atoms with E-state index in [9.17, 15) is 0 Å². The second-order valence-electron chi connectivity index (χ2n) is 3.93. The maximum absolute atomic E-state index is 4.07. The zero-order chi connectivity index (χ0) is 9.10. The van der Waals surface area contributed by atoms with E-state index < -0.39 is 0 Å². The van der Waals surface area contributed by atoms with Crippen molar-refractivity contribution in [1.29, 1.82) is 0 Å². The molecule has 0 bridgehead atoms. The second kappa shape index (κ2) is 3.87. The Labute approximate surface area is 78.1 Å². The first-order valence-electron chi connectivity index (χ1n) is 4.92. The summed E-state index contributed by atoms with van der Waals surface area (Å²) in [5.74, 6) is 1.81. The molecule has 0 aliphatic heterocycles. The first kappa shape index (κ1) is 8.69. The molecule has 4 heteroatoms. The Morgan fingerprint density at radius 3 is 3.15 bits per heavy atom. The van der Waals surface area contributed by atoms with E-state index in [-0.39, 0.29) is 0 Å². The van der Waals surface area contributed by atoms with Crippen LogP contribution in [0, 0.1) is 5.92 Å². The van der Waals surface area contributed by atoms with Crippen LogP contribution in [0.3, 0.4) is 0 Å². The Morgan fingerprint density at radius 2 is 2.54 bits per heavy atom. The molecule has 0 spiro atoms. The van der Waals surface area contributed by atoms with Crippen LogP contribution in [0.1, 0.15) is 32.0 Å². The molecule has 0 radical (unpaired) electrons. The zero-order valence-electron chi connectivity index (χ0n) is 7.95. The lowest BCUT2D eigenvalue weighted by Gasteiger charge is -2.10. The predicted octanol–water partition coefficient (Wildman–Crippen LogP) is 1.08. The minimum Gasteiger partial charge on any atom is -0.307 e. The van der Waals surface area contributed by atoms with Crippen LogP contribution in [0.2, 0.25) is 0 Å². The van der Waals surface area contributed by atoms with Gasteiger partial charge in [-0.05, 0) is 25.2 Å². The standard InChI is InChI=1S/C9H16N4/c1-7-2-3-8(4-7)10-5-9-11-6-12-13-9/h6-8,10H,2-5H2,1H3,(H,11,12,13). The molecule has 13 heavy (non-hydrogen) atoms. The Balaban J connectivity index is 1.74. The van der Waals surface area contributed by atoms with Gasteiger partial charge in [0.2, 0.25) is 0 Å². The molecule has 2 atom stereocenters. The molecule has 72 valence electrons. The van der Waals surface area contributed by atoms with Crippen molar-refractivity contribution in [3.8, 4) is 0 Å². The molecule has 0 aromatic carbocycles. The summed E-state index contributed by atoms with van der Waals surface area (Å²) in [6, 6.07) is 0.681. The van der Waals surface area contributed by atoms with Gasteiger partial charge in [-0.3, -0.25) is 5.10 Å². The molecule has 1 aromatic heterocycles. The largest absolute Gasteiger partial charge is 0.307 e. The summed E-state index contributed by atoms with van der Waals surface area (Å²) in [4.78, 5) is 4.07. The fourth-order valence-electron chi connectivity index (χ4n) is 1.95. The van der Waals surface area contributed by atoms with Gasteiger partial charge in [0, 0.05) is 6.04 Å². The van der Waals surface area contributed by atoms with Gasteiger partial charge in [-0.1, -0.05) is 6.92 Å². The summed E-state index contributed by atoms with van der Waals surface area (Å²) in [5, 5.41) is 10.1. The molecule has 4 nitrogen and oxygen atoms in total. The van der Waals surface area contributed by atoms with Gasteiger partial charge in [-0.15, -0.1) is 0 Å². The van der Waals surface area contributed by atoms with E-state index in [4.69, 9.17) is 0 Å². The highest BCUT2D eigenvalue weighted by Gasteiger charge is 2.20. The average molecular weight is 180 g/mol. The van der Waals surface area contributed by atoms with Crippen molar-refractivity contribution in [3.05, 3.63) is 12.2 Å². The monoisotopic (exact) mass is 180 g/mol. The SMILES string of the molecule is CC1CCC(NCc2ncn[nH]2)C1. The van der Waals surface area contributed by atoms with Crippen molar-refractivity contribution in [2.75, 3.05) is 0 Å². The second-order valence-corrected chi connectivity index (χ2v) is 3.93. The van der Waals surface area contributed by atoms with Crippen molar-refractivity contribution in [2.24, 2.45) is 5.92 Å². The van der Waals surface area contributed by atoms with Gasteiger partial charge in [0.1, 0.15) is 12.2 Å². The van der Waals surface area contributed by atoms with Gasteiger partial charge < -0.3 is 5.32 Å². The first-order valence-corrected chi connectivity index (χ1v) is 4.92. The fourth-order valence-corrected chi connectivity index (χ4v) is 1.95. The van der Waals surface area contributed by atoms with Gasteiger partial charge in [0.25, 0.3) is 0 Å². The Morgan fingerprint density at radius 1 is 1.62 bits per heavy atom. The van der Waals surface area contributed by atoms with Crippen molar-refractivity contribution in [3.63, 3.8) is 0 Å². The van der Waals surface area contributed by atoms with Crippen molar-refractivity contribution >= 4 is 0 Å². The highest BCUT2D eigenvalue weighted by Crippen LogP contribution is 2.24. The molecule has 1 heterocycles. The summed E-state index contributed by atoms with van der Waals surface area (Å²) >= 11 is 0. The quantitative estimate of drug-likeness (QED) is 0.732. The van der Waals surface area contributed by atoms with E-state index in [1.165, 1.54) is 19.3 Å². The molecular weight excluding hydrogens is 164 g/mol. The minimum atomic E-state index is 0.681. The molecule has 2 unspecified atom stereocenters. The van der Waals surface area contributed by atoms with E-state index in [2.05, 4.69) is 27.4 Å². The molecule has 1 aliphatic rings. The maximum Gasteiger partial charge on any atom is 0.138 e. The van der Waals surface area contributed by atoms with Crippen LogP contribution in [0.25, 0.3) is 0 Å². The Bertz CT molecular complexity index is 244. The molecule has 1 aromatic rings. The predicted molar refractivity (Wildman–Crippen MR) is 50.0 cm³/mol. The molecule has 0 saturated heterocycles. The summed E-state index contributed by atoms with van der Waals surface area (Å²) in [5.41, 5.74) is 0. The van der Waals surface area contributed by atoms with Gasteiger partial charge in [0.15, 0.2) is 0 Å². The van der Waals surface area contributed by atoms with Crippen molar-refractivity contribution < 1.29 is 0 Å². The van der Waals surface area contributed by atoms with Crippen LogP contribution in [0.15, 0.2) is 6.33 Å². The number of aromatic nitrogens is 3. The zero-order valence-corrected chi connectivity index (χ0v) is 7.95. The highest BCUT2D eigenvalue weighted by molar-refractivity contribution is 4.83. The van der Waals surface area contributed by atoms with Crippen LogP contribution >= 0.6 is 0 Å². The number of hydrogen-bond donors (Lipinski definition) is 2. The smallest absolute Gasteiger partial charge is 0.138 e. The Hall–Kier alpha value is -0.900. The van der Waals surface area contributed by atoms with Gasteiger partial charge in [0.05, 0.1) is 6.54 Å². The lowest BCUT2D eigenvalue weighted by atomic mass is 10.1. The minimum absolute atomic E-state index is 0.681. The van der Waals surface area contributed by atoms with Crippen LogP contribution < -0.4 is 5.32 Å². The molecule has 1 saturated carbocycles. The van der Waals surface area contributed by atoms with Crippen molar-refractivity contribution in [2.45, 2.75) is 38.8 Å². The van der Waals surface area contributed by atoms with Gasteiger partial charge in [-0.2, -0.15) is 5.10 Å². The average Bonchev–Trinajstić information content (AvgIpc) is 2.71. The third kappa shape index (κ3) is 2.28. The first-order chi connectivity index (χ1) is 6.34. The van der Waals surface area contributed by atoms with Crippen LogP contribution in [0.4, 0.5) is 0 Å². The van der Waals surface area contributed by atoms with Gasteiger partial charge >= 0.3 is 0 Å². The Kier molecular flexibility index (Phi) is 2.59. The number of rotatable bonds is 3. The molecule has 1 fully saturated rings. The number of aromatic amines is 1. The highest BCUT2D eigenvalue weighted by atomic mass is 15.2. The topological polar surface area (TPSA) is 53.6 Å². The van der Waals surface area contributed by atoms with E-state index in [1.807, 2.05) is 0 Å². The molecule has 2 N–H and O–H groups in total. The molecule has 0 amide bonds. The van der Waals surface area contributed by atoms with Gasteiger partial charge in [-0.25, -0.2) is 4.98 Å². The van der Waals surface area contributed by atoms with E-state index in [0.717, 1.165) is 18.3 Å². The normalized spacial score (nSPS) is 28.1. The van der Waals surface area contributed by atoms with Crippen LogP contribution in [-0.4, -0.2) is 21.2 Å². The summed E-state index contributed by atoms with van der Waals surface area (Å²) < 4.78 is 0. The summed E-state index contributed by atoms with van der Waals surface area (Å²) in [6.45, 7) is 3.13. The molecule has 2 rings (SSSR count). The molecular formula is C9H16N4. The third-order valence-electron chi connectivity index (χ3n) is 2.72. The lowest BCUT2D eigenvalue weighted by Crippen LogP contribution is -2.26. The van der Waals surface area contributed by atoms with Crippen LogP contribution in [0.5, 0.6) is 0 Å². The molecule has 1 aliphatic carbocycles. The number of nitrogens with zero attached hydrogens (tertiary/aromatic N) is 2. The number of nitrogens with one attached hydrogen (secondary N) is 2. The van der Waals surface area contributed by atoms with Crippen molar-refractivity contribution in [1.82, 2.24) is 20.5 Å². The number of H-pyrrole nitrogens is 1. The van der Waals surface area contributed by atoms with E-state index in [0.29, 0.717) is 6.04 Å².